The van der Waals surface area contributed by atoms with Gasteiger partial charge in [-0.3, -0.25) is 4.79 Å². The van der Waals surface area contributed by atoms with Gasteiger partial charge < -0.3 is 14.4 Å². The summed E-state index contributed by atoms with van der Waals surface area (Å²) in [6.45, 7) is 15.9. The van der Waals surface area contributed by atoms with Gasteiger partial charge in [-0.2, -0.15) is 0 Å². The number of nitrogens with zero attached hydrogens (tertiary/aromatic N) is 1. The third-order valence-electron chi connectivity index (χ3n) is 7.16. The number of amides is 1. The molecule has 1 aromatic carbocycles. The maximum absolute atomic E-state index is 13.4. The summed E-state index contributed by atoms with van der Waals surface area (Å²) < 4.78 is 11.2. The van der Waals surface area contributed by atoms with Crippen molar-refractivity contribution in [1.82, 2.24) is 4.90 Å². The van der Waals surface area contributed by atoms with Crippen LogP contribution in [0.25, 0.3) is 5.57 Å². The zero-order valence-corrected chi connectivity index (χ0v) is 23.9. The second-order valence-electron chi connectivity index (χ2n) is 11.5. The Labute approximate surface area is 217 Å². The molecule has 2 aliphatic carbocycles. The Morgan fingerprint density at radius 3 is 1.94 bits per heavy atom. The zero-order chi connectivity index (χ0) is 23.5. The molecule has 2 atom stereocenters. The molecule has 1 saturated heterocycles. The van der Waals surface area contributed by atoms with Gasteiger partial charge in [-0.05, 0) is 61.8 Å². The van der Waals surface area contributed by atoms with Gasteiger partial charge in [0.15, 0.2) is 11.5 Å². The molecule has 1 amide bonds. The fourth-order valence-corrected chi connectivity index (χ4v) is 12.0. The van der Waals surface area contributed by atoms with Gasteiger partial charge in [0.05, 0.1) is 27.8 Å². The van der Waals surface area contributed by atoms with Crippen LogP contribution in [0.1, 0.15) is 22.3 Å². The van der Waals surface area contributed by atoms with Crippen LogP contribution in [-0.4, -0.2) is 46.3 Å². The van der Waals surface area contributed by atoms with E-state index in [-0.39, 0.29) is 35.5 Å². The first-order valence-electron chi connectivity index (χ1n) is 12.0. The van der Waals surface area contributed by atoms with Gasteiger partial charge in [0.25, 0.3) is 5.91 Å². The van der Waals surface area contributed by atoms with E-state index in [1.165, 1.54) is 5.57 Å². The van der Waals surface area contributed by atoms with Crippen LogP contribution in [0.5, 0.6) is 11.5 Å². The average molecular weight is 536 g/mol. The van der Waals surface area contributed by atoms with Crippen molar-refractivity contribution in [1.29, 1.82) is 0 Å². The SMILES string of the molecule is C[Si](C)(C)C1=C([Si](C)(C)C)[C@@H]2CCN3C(=O)c4cc5c(cc4C(=C1)[C@H]23)OCO5.[CH]1[CH][CH][CH][CH]1.[Co]. The average Bonchev–Trinajstić information content (AvgIpc) is 3.51. The largest absolute Gasteiger partial charge is 0.454 e. The second-order valence-corrected chi connectivity index (χ2v) is 21.6. The van der Waals surface area contributed by atoms with Gasteiger partial charge in [0, 0.05) is 29.2 Å². The molecular weight excluding hydrogens is 501 g/mol. The van der Waals surface area contributed by atoms with Crippen molar-refractivity contribution in [3.8, 4) is 11.5 Å². The van der Waals surface area contributed by atoms with Crippen molar-refractivity contribution < 1.29 is 31.0 Å². The van der Waals surface area contributed by atoms with E-state index in [2.05, 4.69) is 56.3 Å². The van der Waals surface area contributed by atoms with Gasteiger partial charge in [-0.25, -0.2) is 0 Å². The summed E-state index contributed by atoms with van der Waals surface area (Å²) in [5.41, 5.74) is 3.17. The number of hydrogen-bond acceptors (Lipinski definition) is 3. The van der Waals surface area contributed by atoms with E-state index in [1.807, 2.05) is 38.2 Å². The van der Waals surface area contributed by atoms with Crippen LogP contribution in [0.3, 0.4) is 0 Å². The van der Waals surface area contributed by atoms with E-state index < -0.39 is 16.1 Å². The Hall–Kier alpha value is -1.29. The molecular formula is C27H34CoNO3Si2. The molecule has 1 saturated carbocycles. The fraction of sp³-hybridized carbons (Fsp3) is 0.407. The maximum Gasteiger partial charge on any atom is 0.255 e. The summed E-state index contributed by atoms with van der Waals surface area (Å²) in [5.74, 6) is 2.10. The number of rotatable bonds is 2. The quantitative estimate of drug-likeness (QED) is 0.455. The number of benzene rings is 1. The summed E-state index contributed by atoms with van der Waals surface area (Å²) in [5, 5.41) is 3.35. The van der Waals surface area contributed by atoms with Gasteiger partial charge in [0.1, 0.15) is 0 Å². The van der Waals surface area contributed by atoms with Crippen molar-refractivity contribution in [2.24, 2.45) is 5.92 Å². The van der Waals surface area contributed by atoms with Crippen molar-refractivity contribution >= 4 is 27.6 Å². The van der Waals surface area contributed by atoms with E-state index >= 15 is 0 Å². The number of carbonyl (C=O) groups excluding carboxylic acids is 1. The van der Waals surface area contributed by atoms with E-state index in [0.717, 1.165) is 29.8 Å². The van der Waals surface area contributed by atoms with Crippen molar-refractivity contribution in [2.75, 3.05) is 13.3 Å². The summed E-state index contributed by atoms with van der Waals surface area (Å²) in [6, 6.07) is 4.15. The molecule has 4 nitrogen and oxygen atoms in total. The topological polar surface area (TPSA) is 38.8 Å². The van der Waals surface area contributed by atoms with Crippen LogP contribution in [0, 0.1) is 38.0 Å². The van der Waals surface area contributed by atoms with Gasteiger partial charge in [0.2, 0.25) is 6.79 Å². The van der Waals surface area contributed by atoms with Crippen molar-refractivity contribution in [3.05, 3.63) is 71.8 Å². The van der Waals surface area contributed by atoms with Crippen LogP contribution in [0.2, 0.25) is 39.3 Å². The standard InChI is InChI=1S/C22H29NO3Si2.C5H5.Co/c1-27(2,3)19-11-15-14-9-17-18(26-12-25-17)10-16(14)22(24)23-8-7-13(20(15)23)21(19)28(4,5)6;1-2-4-5-3-1;/h9-11,13,20H,7-8,12H2,1-6H3;1-5H;/t13-,20+;;/m1../s1. The number of fused-ring (bicyclic) bond motifs is 3. The molecule has 6 radical (unpaired) electrons. The monoisotopic (exact) mass is 535 g/mol. The molecule has 182 valence electrons. The normalized spacial score (nSPS) is 24.7. The predicted octanol–water partition coefficient (Wildman–Crippen LogP) is 5.73. The number of hydrogen-bond donors (Lipinski definition) is 0. The third kappa shape index (κ3) is 4.38. The Morgan fingerprint density at radius 2 is 1.41 bits per heavy atom. The van der Waals surface area contributed by atoms with Crippen LogP contribution in [0.15, 0.2) is 28.6 Å². The van der Waals surface area contributed by atoms with Crippen LogP contribution in [0.4, 0.5) is 0 Å². The molecule has 0 unspecified atom stereocenters. The van der Waals surface area contributed by atoms with Gasteiger partial charge in [-0.1, -0.05) is 55.8 Å². The fourth-order valence-electron chi connectivity index (χ4n) is 5.88. The van der Waals surface area contributed by atoms with E-state index in [1.54, 1.807) is 10.4 Å². The second kappa shape index (κ2) is 9.30. The summed E-state index contributed by atoms with van der Waals surface area (Å²) in [4.78, 5) is 15.5. The number of carbonyl (C=O) groups is 1. The molecule has 34 heavy (non-hydrogen) atoms. The molecule has 2 fully saturated rings. The maximum atomic E-state index is 13.4. The molecule has 3 aliphatic heterocycles. The number of ether oxygens (including phenoxy) is 2. The Balaban J connectivity index is 0.000000407. The molecule has 7 heteroatoms. The van der Waals surface area contributed by atoms with E-state index in [4.69, 9.17) is 9.47 Å². The Morgan fingerprint density at radius 1 is 0.853 bits per heavy atom. The molecule has 0 bridgehead atoms. The molecule has 6 rings (SSSR count). The first-order valence-corrected chi connectivity index (χ1v) is 19.0. The minimum atomic E-state index is -1.53. The van der Waals surface area contributed by atoms with Crippen LogP contribution in [-0.2, 0) is 16.8 Å². The molecule has 1 aromatic rings. The van der Waals surface area contributed by atoms with Crippen LogP contribution < -0.4 is 9.47 Å². The van der Waals surface area contributed by atoms with Gasteiger partial charge >= 0.3 is 0 Å². The van der Waals surface area contributed by atoms with Gasteiger partial charge in [-0.15, -0.1) is 0 Å². The first kappa shape index (κ1) is 25.8. The molecule has 3 heterocycles. The zero-order valence-electron chi connectivity index (χ0n) is 20.9. The van der Waals surface area contributed by atoms with Crippen LogP contribution >= 0.6 is 0 Å². The Bertz CT molecular complexity index is 1040. The minimum absolute atomic E-state index is 0. The van der Waals surface area contributed by atoms with Crippen molar-refractivity contribution in [2.45, 2.75) is 51.7 Å². The predicted molar refractivity (Wildman–Crippen MR) is 139 cm³/mol. The summed E-state index contributed by atoms with van der Waals surface area (Å²) in [7, 11) is -3.03. The van der Waals surface area contributed by atoms with E-state index in [0.29, 0.717) is 11.7 Å². The minimum Gasteiger partial charge on any atom is -0.454 e. The first-order chi connectivity index (χ1) is 15.6. The van der Waals surface area contributed by atoms with E-state index in [9.17, 15) is 4.79 Å². The van der Waals surface area contributed by atoms with Crippen molar-refractivity contribution in [3.63, 3.8) is 0 Å². The molecule has 0 spiro atoms. The summed E-state index contributed by atoms with van der Waals surface area (Å²) in [6.07, 6.45) is 13.6. The molecule has 0 aromatic heterocycles. The molecule has 5 aliphatic rings. The smallest absolute Gasteiger partial charge is 0.255 e. The Kier molecular flexibility index (Phi) is 7.05. The number of allylic oxidation sites excluding steroid dienone is 2. The molecule has 0 N–H and O–H groups in total. The summed E-state index contributed by atoms with van der Waals surface area (Å²) >= 11 is 0. The third-order valence-corrected chi connectivity index (χ3v) is 11.7.